The normalized spacial score (nSPS) is 12.8. The predicted molar refractivity (Wildman–Crippen MR) is 104 cm³/mol. The first-order chi connectivity index (χ1) is 13.6. The summed E-state index contributed by atoms with van der Waals surface area (Å²) >= 11 is 0. The molecule has 4 rings (SSSR count). The van der Waals surface area contributed by atoms with Crippen LogP contribution in [0, 0.1) is 0 Å². The Morgan fingerprint density at radius 1 is 1.29 bits per heavy atom. The summed E-state index contributed by atoms with van der Waals surface area (Å²) in [7, 11) is 7.35. The van der Waals surface area contributed by atoms with Crippen molar-refractivity contribution >= 4 is 36.2 Å². The summed E-state index contributed by atoms with van der Waals surface area (Å²) in [5.41, 5.74) is 7.58. The molecule has 0 saturated heterocycles. The first-order valence-electron chi connectivity index (χ1n) is 8.44. The van der Waals surface area contributed by atoms with Gasteiger partial charge in [0, 0.05) is 5.59 Å². The summed E-state index contributed by atoms with van der Waals surface area (Å²) in [6, 6.07) is 6.56. The van der Waals surface area contributed by atoms with E-state index in [0.29, 0.717) is 46.6 Å². The third-order valence-electron chi connectivity index (χ3n) is 3.97. The summed E-state index contributed by atoms with van der Waals surface area (Å²) in [6.07, 6.45) is 1.58. The zero-order valence-electron chi connectivity index (χ0n) is 15.2. The average Bonchev–Trinajstić information content (AvgIpc) is 3.06. The van der Waals surface area contributed by atoms with Crippen LogP contribution in [0.4, 0.5) is 0 Å². The van der Waals surface area contributed by atoms with Crippen molar-refractivity contribution < 1.29 is 14.6 Å². The van der Waals surface area contributed by atoms with Crippen LogP contribution in [0.1, 0.15) is 12.7 Å². The molecule has 8 nitrogen and oxygen atoms in total. The number of benzene rings is 1. The minimum absolute atomic E-state index is 0.0137. The number of imidazole rings is 1. The number of phenolic OH excluding ortho intramolecular Hbond substituents is 1. The van der Waals surface area contributed by atoms with Crippen molar-refractivity contribution in [1.82, 2.24) is 19.7 Å². The van der Waals surface area contributed by atoms with Gasteiger partial charge < -0.3 is 14.6 Å². The second kappa shape index (κ2) is 7.08. The number of aromatic hydroxyl groups is 1. The summed E-state index contributed by atoms with van der Waals surface area (Å²) in [4.78, 5) is 8.94. The van der Waals surface area contributed by atoms with E-state index < -0.39 is 0 Å². The third kappa shape index (κ3) is 2.95. The van der Waals surface area contributed by atoms with Crippen LogP contribution >= 0.6 is 0 Å². The van der Waals surface area contributed by atoms with E-state index >= 15 is 0 Å². The van der Waals surface area contributed by atoms with Crippen molar-refractivity contribution in [2.75, 3.05) is 13.7 Å². The number of para-hydroxylation sites is 1. The molecule has 136 valence electrons. The van der Waals surface area contributed by atoms with E-state index in [9.17, 15) is 5.11 Å². The van der Waals surface area contributed by atoms with Gasteiger partial charge in [-0.1, -0.05) is 11.8 Å². The van der Waals surface area contributed by atoms with Crippen LogP contribution in [0.3, 0.4) is 0 Å². The standard InChI is InChI=1S/C19H14BN5O3/c1-3-28-16-9-4-6-11(21-16)19-22-18-12(10-15(20)23-24-18)25(19)17-13(26)7-5-8-14(17)27-2/h5,7-10,26H,3H2,1-2H3. The smallest absolute Gasteiger partial charge is 0.223 e. The van der Waals surface area contributed by atoms with Crippen LogP contribution in [0.2, 0.25) is 0 Å². The zero-order chi connectivity index (χ0) is 19.7. The molecule has 1 N–H and O–H groups in total. The highest BCUT2D eigenvalue weighted by Gasteiger charge is 2.23. The van der Waals surface area contributed by atoms with E-state index in [1.807, 2.05) is 6.92 Å². The topological polar surface area (TPSA) is 94.7 Å². The molecule has 0 saturated carbocycles. The SMILES string of the molecule is [B]c1cc2c(nn1)nc(C1=C=C=CC(OCC)=N1)n2-c1c(O)cccc1OC. The molecule has 0 bridgehead atoms. The number of methoxy groups -OCH3 is 1. The van der Waals surface area contributed by atoms with Gasteiger partial charge in [0.15, 0.2) is 11.5 Å². The van der Waals surface area contributed by atoms with E-state index in [1.165, 1.54) is 7.11 Å². The van der Waals surface area contributed by atoms with Crippen molar-refractivity contribution in [1.29, 1.82) is 0 Å². The molecular formula is C19H14BN5O3. The Morgan fingerprint density at radius 3 is 2.93 bits per heavy atom. The van der Waals surface area contributed by atoms with Gasteiger partial charge in [-0.05, 0) is 30.9 Å². The highest BCUT2D eigenvalue weighted by atomic mass is 16.5. The monoisotopic (exact) mass is 371 g/mol. The summed E-state index contributed by atoms with van der Waals surface area (Å²) in [5, 5.41) is 18.5. The number of rotatable bonds is 4. The first kappa shape index (κ1) is 17.6. The number of fused-ring (bicyclic) bond motifs is 1. The van der Waals surface area contributed by atoms with Crippen molar-refractivity contribution in [2.45, 2.75) is 6.92 Å². The molecule has 1 aliphatic rings. The van der Waals surface area contributed by atoms with Crippen molar-refractivity contribution in [2.24, 2.45) is 4.99 Å². The first-order valence-corrected chi connectivity index (χ1v) is 8.44. The van der Waals surface area contributed by atoms with Gasteiger partial charge in [0.1, 0.15) is 25.0 Å². The van der Waals surface area contributed by atoms with E-state index in [1.54, 1.807) is 34.9 Å². The Balaban J connectivity index is 2.06. The Bertz CT molecular complexity index is 1220. The molecule has 3 aromatic rings. The lowest BCUT2D eigenvalue weighted by molar-refractivity contribution is 0.330. The van der Waals surface area contributed by atoms with Crippen LogP contribution < -0.4 is 10.3 Å². The molecule has 0 fully saturated rings. The molecule has 1 aromatic carbocycles. The Hall–Kier alpha value is -3.80. The Morgan fingerprint density at radius 2 is 2.14 bits per heavy atom. The number of nitrogens with zero attached hydrogens (tertiary/aromatic N) is 5. The van der Waals surface area contributed by atoms with Crippen molar-refractivity contribution in [3.63, 3.8) is 0 Å². The van der Waals surface area contributed by atoms with Crippen molar-refractivity contribution in [3.05, 3.63) is 47.6 Å². The van der Waals surface area contributed by atoms with Crippen LogP contribution in [-0.4, -0.2) is 52.3 Å². The highest BCUT2D eigenvalue weighted by Crippen LogP contribution is 2.36. The molecule has 0 spiro atoms. The fourth-order valence-electron chi connectivity index (χ4n) is 2.85. The number of hydrogen-bond donors (Lipinski definition) is 1. The lowest BCUT2D eigenvalue weighted by Crippen LogP contribution is -2.11. The number of hydrogen-bond acceptors (Lipinski definition) is 7. The zero-order valence-corrected chi connectivity index (χ0v) is 15.2. The van der Waals surface area contributed by atoms with Gasteiger partial charge in [0.25, 0.3) is 0 Å². The van der Waals surface area contributed by atoms with E-state index in [4.69, 9.17) is 17.3 Å². The minimum Gasteiger partial charge on any atom is -0.506 e. The van der Waals surface area contributed by atoms with Gasteiger partial charge in [0.05, 0.1) is 25.3 Å². The van der Waals surface area contributed by atoms with Gasteiger partial charge in [-0.3, -0.25) is 4.57 Å². The Kier molecular flexibility index (Phi) is 4.45. The molecule has 0 atom stereocenters. The van der Waals surface area contributed by atoms with Crippen molar-refractivity contribution in [3.8, 4) is 17.2 Å². The average molecular weight is 371 g/mol. The third-order valence-corrected chi connectivity index (χ3v) is 3.97. The van der Waals surface area contributed by atoms with Crippen LogP contribution in [0.15, 0.2) is 46.8 Å². The highest BCUT2D eigenvalue weighted by molar-refractivity contribution is 6.31. The maximum Gasteiger partial charge on any atom is 0.223 e. The molecule has 9 heteroatoms. The van der Waals surface area contributed by atoms with E-state index in [0.717, 1.165) is 0 Å². The van der Waals surface area contributed by atoms with Gasteiger partial charge in [0.2, 0.25) is 11.5 Å². The molecule has 2 radical (unpaired) electrons. The Labute approximate surface area is 161 Å². The van der Waals surface area contributed by atoms with Gasteiger partial charge in [-0.25, -0.2) is 9.98 Å². The molecule has 0 amide bonds. The fourth-order valence-corrected chi connectivity index (χ4v) is 2.85. The summed E-state index contributed by atoms with van der Waals surface area (Å²) in [6.45, 7) is 2.31. The van der Waals surface area contributed by atoms with Crippen LogP contribution in [0.5, 0.6) is 11.5 Å². The number of aliphatic imine (C=N–C) groups is 1. The number of aromatic nitrogens is 4. The number of ether oxygens (including phenoxy) is 2. The molecule has 1 aliphatic heterocycles. The van der Waals surface area contributed by atoms with E-state index in [-0.39, 0.29) is 11.3 Å². The molecule has 2 aromatic heterocycles. The lowest BCUT2D eigenvalue weighted by atomic mass is 10.0. The quantitative estimate of drug-likeness (QED) is 0.551. The summed E-state index contributed by atoms with van der Waals surface area (Å²) < 4.78 is 12.5. The largest absolute Gasteiger partial charge is 0.506 e. The lowest BCUT2D eigenvalue weighted by Gasteiger charge is -2.15. The second-order valence-electron chi connectivity index (χ2n) is 5.72. The maximum absolute atomic E-state index is 10.6. The molecular weight excluding hydrogens is 357 g/mol. The predicted octanol–water partition coefficient (Wildman–Crippen LogP) is 1.42. The van der Waals surface area contributed by atoms with Gasteiger partial charge in [-0.15, -0.1) is 5.10 Å². The van der Waals surface area contributed by atoms with Gasteiger partial charge in [-0.2, -0.15) is 5.10 Å². The molecule has 0 unspecified atom stereocenters. The second-order valence-corrected chi connectivity index (χ2v) is 5.72. The van der Waals surface area contributed by atoms with Gasteiger partial charge >= 0.3 is 0 Å². The summed E-state index contributed by atoms with van der Waals surface area (Å²) in [5.74, 6) is 1.15. The van der Waals surface area contributed by atoms with Crippen LogP contribution in [-0.2, 0) is 4.74 Å². The fraction of sp³-hybridized carbons (Fsp3) is 0.158. The molecule has 3 heterocycles. The molecule has 28 heavy (non-hydrogen) atoms. The maximum atomic E-state index is 10.6. The van der Waals surface area contributed by atoms with Crippen LogP contribution in [0.25, 0.3) is 22.5 Å². The minimum atomic E-state index is -0.0137. The molecule has 0 aliphatic carbocycles. The van der Waals surface area contributed by atoms with E-state index in [2.05, 4.69) is 31.6 Å². The number of phenols is 1.